The van der Waals surface area contributed by atoms with Crippen molar-refractivity contribution in [2.24, 2.45) is 0 Å². The molecular formula is C22H27F3N4O3. The smallest absolute Gasteiger partial charge is 0.410 e. The van der Waals surface area contributed by atoms with Gasteiger partial charge in [0.05, 0.1) is 11.2 Å². The number of hydrogen-bond acceptors (Lipinski definition) is 4. The van der Waals surface area contributed by atoms with Crippen LogP contribution in [-0.2, 0) is 16.1 Å². The number of aromatic nitrogens is 2. The van der Waals surface area contributed by atoms with E-state index in [1.165, 1.54) is 4.68 Å². The Morgan fingerprint density at radius 3 is 2.47 bits per heavy atom. The van der Waals surface area contributed by atoms with Crippen molar-refractivity contribution in [3.63, 3.8) is 0 Å². The Bertz CT molecular complexity index is 1040. The van der Waals surface area contributed by atoms with Crippen LogP contribution in [0.2, 0.25) is 0 Å². The third kappa shape index (κ3) is 5.80. The number of amides is 2. The highest BCUT2D eigenvalue weighted by Crippen LogP contribution is 2.29. The van der Waals surface area contributed by atoms with E-state index in [2.05, 4.69) is 5.10 Å². The first kappa shape index (κ1) is 23.6. The van der Waals surface area contributed by atoms with Gasteiger partial charge in [0.1, 0.15) is 18.7 Å². The molecule has 2 amide bonds. The molecule has 0 radical (unpaired) electrons. The first-order valence-electron chi connectivity index (χ1n) is 10.3. The minimum Gasteiger partial charge on any atom is -0.444 e. The molecule has 32 heavy (non-hydrogen) atoms. The van der Waals surface area contributed by atoms with Crippen molar-refractivity contribution in [3.8, 4) is 0 Å². The summed E-state index contributed by atoms with van der Waals surface area (Å²) in [6.45, 7) is 4.62. The fourth-order valence-corrected chi connectivity index (χ4v) is 3.47. The molecule has 0 N–H and O–H groups in total. The van der Waals surface area contributed by atoms with Crippen LogP contribution in [0, 0.1) is 0 Å². The molecule has 1 aromatic carbocycles. The summed E-state index contributed by atoms with van der Waals surface area (Å²) in [6, 6.07) is 7.26. The summed E-state index contributed by atoms with van der Waals surface area (Å²) in [4.78, 5) is 26.9. The maximum absolute atomic E-state index is 12.6. The van der Waals surface area contributed by atoms with Crippen molar-refractivity contribution in [3.05, 3.63) is 36.0 Å². The first-order valence-corrected chi connectivity index (χ1v) is 10.3. The SMILES string of the molecule is CN(CC(F)(F)F)C(=O)Cn1nc(C2=CCN(C(=O)OC(C)(C)C)CC2)c2ccccc21. The van der Waals surface area contributed by atoms with Gasteiger partial charge in [-0.1, -0.05) is 24.3 Å². The van der Waals surface area contributed by atoms with Crippen LogP contribution in [0.15, 0.2) is 30.3 Å². The molecule has 1 aliphatic heterocycles. The lowest BCUT2D eigenvalue weighted by Crippen LogP contribution is -2.39. The Kier molecular flexibility index (Phi) is 6.52. The van der Waals surface area contributed by atoms with Crippen molar-refractivity contribution in [1.29, 1.82) is 0 Å². The third-order valence-electron chi connectivity index (χ3n) is 4.95. The molecule has 0 bridgehead atoms. The second-order valence-corrected chi connectivity index (χ2v) is 8.79. The van der Waals surface area contributed by atoms with Crippen LogP contribution >= 0.6 is 0 Å². The summed E-state index contributed by atoms with van der Waals surface area (Å²) in [5.74, 6) is -0.684. The van der Waals surface area contributed by atoms with E-state index in [1.807, 2.05) is 39.0 Å². The molecule has 1 aliphatic rings. The number of fused-ring (bicyclic) bond motifs is 1. The number of carbonyl (C=O) groups excluding carboxylic acids is 2. The van der Waals surface area contributed by atoms with Crippen molar-refractivity contribution in [1.82, 2.24) is 19.6 Å². The Balaban J connectivity index is 1.81. The number of alkyl halides is 3. The van der Waals surface area contributed by atoms with Crippen LogP contribution in [-0.4, -0.2) is 70.0 Å². The lowest BCUT2D eigenvalue weighted by atomic mass is 10.0. The van der Waals surface area contributed by atoms with E-state index in [1.54, 1.807) is 17.0 Å². The highest BCUT2D eigenvalue weighted by molar-refractivity contribution is 5.92. The van der Waals surface area contributed by atoms with Gasteiger partial charge in [0.2, 0.25) is 5.91 Å². The van der Waals surface area contributed by atoms with Gasteiger partial charge in [-0.05, 0) is 38.8 Å². The monoisotopic (exact) mass is 452 g/mol. The van der Waals surface area contributed by atoms with E-state index in [0.29, 0.717) is 35.6 Å². The van der Waals surface area contributed by atoms with Gasteiger partial charge in [-0.3, -0.25) is 9.48 Å². The molecule has 1 aromatic heterocycles. The van der Waals surface area contributed by atoms with Gasteiger partial charge in [0, 0.05) is 25.5 Å². The summed E-state index contributed by atoms with van der Waals surface area (Å²) in [5.41, 5.74) is 1.65. The molecule has 0 unspecified atom stereocenters. The zero-order valence-corrected chi connectivity index (χ0v) is 18.6. The molecule has 3 rings (SSSR count). The number of ether oxygens (including phenoxy) is 1. The van der Waals surface area contributed by atoms with Crippen molar-refractivity contribution >= 4 is 28.5 Å². The van der Waals surface area contributed by atoms with Crippen molar-refractivity contribution in [2.45, 2.75) is 45.5 Å². The van der Waals surface area contributed by atoms with E-state index >= 15 is 0 Å². The van der Waals surface area contributed by atoms with Crippen LogP contribution in [0.3, 0.4) is 0 Å². The number of nitrogens with zero attached hydrogens (tertiary/aromatic N) is 4. The molecule has 0 atom stereocenters. The quantitative estimate of drug-likeness (QED) is 0.701. The number of rotatable bonds is 4. The number of hydrogen-bond donors (Lipinski definition) is 0. The summed E-state index contributed by atoms with van der Waals surface area (Å²) >= 11 is 0. The molecule has 0 saturated carbocycles. The molecule has 0 spiro atoms. The van der Waals surface area contributed by atoms with Crippen molar-refractivity contribution in [2.75, 3.05) is 26.7 Å². The lowest BCUT2D eigenvalue weighted by molar-refractivity contribution is -0.158. The van der Waals surface area contributed by atoms with Gasteiger partial charge < -0.3 is 14.5 Å². The average molecular weight is 452 g/mol. The molecule has 174 valence electrons. The second-order valence-electron chi connectivity index (χ2n) is 8.79. The van der Waals surface area contributed by atoms with E-state index in [9.17, 15) is 22.8 Å². The highest BCUT2D eigenvalue weighted by atomic mass is 19.4. The Morgan fingerprint density at radius 1 is 1.19 bits per heavy atom. The summed E-state index contributed by atoms with van der Waals surface area (Å²) < 4.78 is 44.7. The number of halogens is 3. The number of carbonyl (C=O) groups is 2. The topological polar surface area (TPSA) is 67.7 Å². The third-order valence-corrected chi connectivity index (χ3v) is 4.95. The number of benzene rings is 1. The Hall–Kier alpha value is -3.04. The van der Waals surface area contributed by atoms with Crippen LogP contribution in [0.25, 0.3) is 16.5 Å². The van der Waals surface area contributed by atoms with Gasteiger partial charge in [-0.25, -0.2) is 4.79 Å². The minimum atomic E-state index is -4.46. The standard InChI is InChI=1S/C22H27F3N4O3/c1-21(2,3)32-20(31)28-11-9-15(10-12-28)19-16-7-5-6-8-17(16)29(26-19)13-18(30)27(4)14-22(23,24)25/h5-9H,10-14H2,1-4H3. The lowest BCUT2D eigenvalue weighted by Gasteiger charge is -2.29. The van der Waals surface area contributed by atoms with Gasteiger partial charge in [-0.2, -0.15) is 18.3 Å². The predicted octanol–water partition coefficient (Wildman–Crippen LogP) is 4.08. The molecule has 2 heterocycles. The first-order chi connectivity index (χ1) is 14.8. The van der Waals surface area contributed by atoms with Gasteiger partial charge >= 0.3 is 12.3 Å². The summed E-state index contributed by atoms with van der Waals surface area (Å²) in [5, 5.41) is 5.35. The zero-order valence-electron chi connectivity index (χ0n) is 18.6. The fraction of sp³-hybridized carbons (Fsp3) is 0.500. The minimum absolute atomic E-state index is 0.301. The van der Waals surface area contributed by atoms with E-state index in [-0.39, 0.29) is 12.6 Å². The normalized spacial score (nSPS) is 15.0. The highest BCUT2D eigenvalue weighted by Gasteiger charge is 2.31. The van der Waals surface area contributed by atoms with Crippen LogP contribution in [0.1, 0.15) is 32.9 Å². The van der Waals surface area contributed by atoms with E-state index in [4.69, 9.17) is 4.74 Å². The maximum Gasteiger partial charge on any atom is 0.410 e. The summed E-state index contributed by atoms with van der Waals surface area (Å²) in [7, 11) is 1.12. The van der Waals surface area contributed by atoms with E-state index in [0.717, 1.165) is 18.0 Å². The maximum atomic E-state index is 12.6. The van der Waals surface area contributed by atoms with Crippen molar-refractivity contribution < 1.29 is 27.5 Å². The molecule has 0 saturated heterocycles. The molecule has 0 aliphatic carbocycles. The van der Waals surface area contributed by atoms with Gasteiger partial charge in [-0.15, -0.1) is 0 Å². The Labute approximate surface area is 184 Å². The molecule has 0 fully saturated rings. The van der Waals surface area contributed by atoms with Crippen LogP contribution < -0.4 is 0 Å². The number of para-hydroxylation sites is 1. The van der Waals surface area contributed by atoms with Crippen LogP contribution in [0.4, 0.5) is 18.0 Å². The predicted molar refractivity (Wildman–Crippen MR) is 114 cm³/mol. The van der Waals surface area contributed by atoms with E-state index < -0.39 is 24.2 Å². The Morgan fingerprint density at radius 2 is 1.88 bits per heavy atom. The average Bonchev–Trinajstić information content (AvgIpc) is 3.04. The fourth-order valence-electron chi connectivity index (χ4n) is 3.47. The largest absolute Gasteiger partial charge is 0.444 e. The van der Waals surface area contributed by atoms with Gasteiger partial charge in [0.25, 0.3) is 0 Å². The zero-order chi connectivity index (χ0) is 23.7. The molecular weight excluding hydrogens is 425 g/mol. The number of likely N-dealkylation sites (N-methyl/N-ethyl adjacent to an activating group) is 1. The summed E-state index contributed by atoms with van der Waals surface area (Å²) in [6.07, 6.45) is -2.41. The molecule has 2 aromatic rings. The molecule has 7 nitrogen and oxygen atoms in total. The van der Waals surface area contributed by atoms with Crippen LogP contribution in [0.5, 0.6) is 0 Å². The molecule has 10 heteroatoms. The second kappa shape index (κ2) is 8.84. The van der Waals surface area contributed by atoms with Gasteiger partial charge in [0.15, 0.2) is 0 Å².